The second-order valence-electron chi connectivity index (χ2n) is 5.06. The summed E-state index contributed by atoms with van der Waals surface area (Å²) in [6.45, 7) is 9.22. The molecular weight excluding hydrogens is 250 g/mol. The molecule has 1 aromatic carbocycles. The normalized spacial score (nSPS) is 11.6. The fourth-order valence-electron chi connectivity index (χ4n) is 2.00. The molecule has 0 radical (unpaired) electrons. The molecule has 0 aliphatic heterocycles. The van der Waals surface area contributed by atoms with E-state index in [1.807, 2.05) is 32.9 Å². The molecule has 0 heterocycles. The Morgan fingerprint density at radius 2 is 2.15 bits per heavy atom. The SMILES string of the molecule is CCN(C[C@H](C)C#N)C(=O)CNc1cccc(C)c1C. The van der Waals surface area contributed by atoms with Crippen molar-refractivity contribution in [2.75, 3.05) is 25.0 Å². The van der Waals surface area contributed by atoms with Gasteiger partial charge in [-0.05, 0) is 44.9 Å². The smallest absolute Gasteiger partial charge is 0.241 e. The Labute approximate surface area is 121 Å². The van der Waals surface area contributed by atoms with Crippen LogP contribution >= 0.6 is 0 Å². The number of hydrogen-bond acceptors (Lipinski definition) is 3. The summed E-state index contributed by atoms with van der Waals surface area (Å²) in [5.74, 6) is -0.116. The first-order valence-corrected chi connectivity index (χ1v) is 6.97. The van der Waals surface area contributed by atoms with Crippen LogP contribution in [-0.2, 0) is 4.79 Å². The topological polar surface area (TPSA) is 56.1 Å². The van der Waals surface area contributed by atoms with Gasteiger partial charge >= 0.3 is 0 Å². The molecule has 108 valence electrons. The predicted molar refractivity (Wildman–Crippen MR) is 81.4 cm³/mol. The lowest BCUT2D eigenvalue weighted by Gasteiger charge is -2.22. The lowest BCUT2D eigenvalue weighted by molar-refractivity contribution is -0.129. The molecule has 1 aromatic rings. The van der Waals surface area contributed by atoms with Gasteiger partial charge in [0.1, 0.15) is 0 Å². The van der Waals surface area contributed by atoms with Gasteiger partial charge in [0, 0.05) is 18.8 Å². The van der Waals surface area contributed by atoms with Crippen molar-refractivity contribution < 1.29 is 4.79 Å². The average molecular weight is 273 g/mol. The Morgan fingerprint density at radius 3 is 2.75 bits per heavy atom. The second kappa shape index (κ2) is 7.54. The molecule has 0 unspecified atom stereocenters. The lowest BCUT2D eigenvalue weighted by atomic mass is 10.1. The van der Waals surface area contributed by atoms with E-state index >= 15 is 0 Å². The average Bonchev–Trinajstić information content (AvgIpc) is 2.45. The van der Waals surface area contributed by atoms with E-state index in [0.29, 0.717) is 13.1 Å². The molecule has 0 fully saturated rings. The van der Waals surface area contributed by atoms with Crippen molar-refractivity contribution in [2.24, 2.45) is 5.92 Å². The highest BCUT2D eigenvalue weighted by molar-refractivity contribution is 5.81. The molecule has 0 saturated carbocycles. The number of rotatable bonds is 6. The molecule has 0 aliphatic rings. The maximum Gasteiger partial charge on any atom is 0.241 e. The molecule has 0 aliphatic carbocycles. The van der Waals surface area contributed by atoms with E-state index in [4.69, 9.17) is 5.26 Å². The quantitative estimate of drug-likeness (QED) is 0.867. The van der Waals surface area contributed by atoms with Crippen LogP contribution in [0.5, 0.6) is 0 Å². The monoisotopic (exact) mass is 273 g/mol. The van der Waals surface area contributed by atoms with E-state index in [1.165, 1.54) is 5.56 Å². The summed E-state index contributed by atoms with van der Waals surface area (Å²) in [5.41, 5.74) is 3.35. The van der Waals surface area contributed by atoms with E-state index in [0.717, 1.165) is 11.3 Å². The zero-order chi connectivity index (χ0) is 15.1. The van der Waals surface area contributed by atoms with Gasteiger partial charge in [-0.15, -0.1) is 0 Å². The summed E-state index contributed by atoms with van der Waals surface area (Å²) in [5, 5.41) is 12.0. The van der Waals surface area contributed by atoms with Crippen LogP contribution in [0, 0.1) is 31.1 Å². The first kappa shape index (κ1) is 16.0. The van der Waals surface area contributed by atoms with Gasteiger partial charge in [0.25, 0.3) is 0 Å². The summed E-state index contributed by atoms with van der Waals surface area (Å²) in [4.78, 5) is 13.9. The maximum atomic E-state index is 12.1. The first-order valence-electron chi connectivity index (χ1n) is 6.97. The molecule has 0 bridgehead atoms. The highest BCUT2D eigenvalue weighted by Gasteiger charge is 2.14. The number of aryl methyl sites for hydroxylation is 1. The third-order valence-electron chi connectivity index (χ3n) is 3.48. The van der Waals surface area contributed by atoms with Gasteiger partial charge in [0.15, 0.2) is 0 Å². The number of benzene rings is 1. The number of carbonyl (C=O) groups excluding carboxylic acids is 1. The van der Waals surface area contributed by atoms with E-state index in [2.05, 4.69) is 24.4 Å². The Morgan fingerprint density at radius 1 is 1.45 bits per heavy atom. The molecule has 1 N–H and O–H groups in total. The molecule has 1 amide bonds. The van der Waals surface area contributed by atoms with Gasteiger partial charge in [-0.2, -0.15) is 5.26 Å². The van der Waals surface area contributed by atoms with Crippen molar-refractivity contribution in [3.63, 3.8) is 0 Å². The second-order valence-corrected chi connectivity index (χ2v) is 5.06. The van der Waals surface area contributed by atoms with Gasteiger partial charge in [0.05, 0.1) is 18.5 Å². The number of hydrogen-bond donors (Lipinski definition) is 1. The van der Waals surface area contributed by atoms with Crippen molar-refractivity contribution in [3.8, 4) is 6.07 Å². The lowest BCUT2D eigenvalue weighted by Crippen LogP contribution is -2.38. The number of likely N-dealkylation sites (N-methyl/N-ethyl adjacent to an activating group) is 1. The van der Waals surface area contributed by atoms with Crippen molar-refractivity contribution in [1.29, 1.82) is 5.26 Å². The molecule has 20 heavy (non-hydrogen) atoms. The molecule has 0 aromatic heterocycles. The minimum atomic E-state index is -0.139. The zero-order valence-corrected chi connectivity index (χ0v) is 12.7. The number of anilines is 1. The fraction of sp³-hybridized carbons (Fsp3) is 0.500. The summed E-state index contributed by atoms with van der Waals surface area (Å²) in [6, 6.07) is 8.16. The molecule has 0 saturated heterocycles. The summed E-state index contributed by atoms with van der Waals surface area (Å²) in [7, 11) is 0. The van der Waals surface area contributed by atoms with E-state index in [1.54, 1.807) is 4.90 Å². The Bertz CT molecular complexity index is 505. The van der Waals surface area contributed by atoms with Crippen LogP contribution in [0.1, 0.15) is 25.0 Å². The van der Waals surface area contributed by atoms with Gasteiger partial charge < -0.3 is 10.2 Å². The Hall–Kier alpha value is -2.02. The third kappa shape index (κ3) is 4.27. The molecular formula is C16H23N3O. The highest BCUT2D eigenvalue weighted by Crippen LogP contribution is 2.17. The van der Waals surface area contributed by atoms with Gasteiger partial charge in [0.2, 0.25) is 5.91 Å². The Kier molecular flexibility index (Phi) is 6.05. The van der Waals surface area contributed by atoms with Crippen molar-refractivity contribution in [1.82, 2.24) is 4.90 Å². The number of amides is 1. The van der Waals surface area contributed by atoms with Crippen molar-refractivity contribution in [3.05, 3.63) is 29.3 Å². The van der Waals surface area contributed by atoms with Crippen LogP contribution in [0.15, 0.2) is 18.2 Å². The van der Waals surface area contributed by atoms with Crippen molar-refractivity contribution >= 4 is 11.6 Å². The van der Waals surface area contributed by atoms with Crippen molar-refractivity contribution in [2.45, 2.75) is 27.7 Å². The number of nitriles is 1. The van der Waals surface area contributed by atoms with Crippen LogP contribution in [0.4, 0.5) is 5.69 Å². The molecule has 4 heteroatoms. The minimum Gasteiger partial charge on any atom is -0.376 e. The van der Waals surface area contributed by atoms with Crippen LogP contribution < -0.4 is 5.32 Å². The fourth-order valence-corrected chi connectivity index (χ4v) is 2.00. The molecule has 1 rings (SSSR count). The number of nitrogens with one attached hydrogen (secondary N) is 1. The number of nitrogens with zero attached hydrogens (tertiary/aromatic N) is 2. The van der Waals surface area contributed by atoms with Crippen LogP contribution in [-0.4, -0.2) is 30.4 Å². The van der Waals surface area contributed by atoms with Crippen LogP contribution in [0.25, 0.3) is 0 Å². The standard InChI is InChI=1S/C16H23N3O/c1-5-19(11-12(2)9-17)16(20)10-18-15-8-6-7-13(3)14(15)4/h6-8,12,18H,5,10-11H2,1-4H3/t12-/m1/s1. The first-order chi connectivity index (χ1) is 9.49. The third-order valence-corrected chi connectivity index (χ3v) is 3.48. The molecule has 4 nitrogen and oxygen atoms in total. The summed E-state index contributed by atoms with van der Waals surface area (Å²) >= 11 is 0. The van der Waals surface area contributed by atoms with Crippen LogP contribution in [0.2, 0.25) is 0 Å². The largest absolute Gasteiger partial charge is 0.376 e. The van der Waals surface area contributed by atoms with E-state index in [9.17, 15) is 4.79 Å². The summed E-state index contributed by atoms with van der Waals surface area (Å²) < 4.78 is 0. The van der Waals surface area contributed by atoms with Crippen LogP contribution in [0.3, 0.4) is 0 Å². The number of carbonyl (C=O) groups is 1. The zero-order valence-electron chi connectivity index (χ0n) is 12.7. The predicted octanol–water partition coefficient (Wildman–Crippen LogP) is 2.72. The van der Waals surface area contributed by atoms with E-state index in [-0.39, 0.29) is 18.4 Å². The highest BCUT2D eigenvalue weighted by atomic mass is 16.2. The summed E-state index contributed by atoms with van der Waals surface area (Å²) in [6.07, 6.45) is 0. The van der Waals surface area contributed by atoms with Gasteiger partial charge in [-0.1, -0.05) is 12.1 Å². The van der Waals surface area contributed by atoms with E-state index < -0.39 is 0 Å². The molecule has 0 spiro atoms. The maximum absolute atomic E-state index is 12.1. The van der Waals surface area contributed by atoms with Gasteiger partial charge in [-0.3, -0.25) is 4.79 Å². The molecule has 1 atom stereocenters. The minimum absolute atomic E-state index is 0.0236. The Balaban J connectivity index is 2.62. The van der Waals surface area contributed by atoms with Gasteiger partial charge in [-0.25, -0.2) is 0 Å².